The van der Waals surface area contributed by atoms with Gasteiger partial charge in [0.1, 0.15) is 17.6 Å². The summed E-state index contributed by atoms with van der Waals surface area (Å²) in [5.74, 6) is 1.02. The van der Waals surface area contributed by atoms with Crippen LogP contribution in [0.2, 0.25) is 5.02 Å². The number of benzene rings is 2. The van der Waals surface area contributed by atoms with Crippen LogP contribution in [0.15, 0.2) is 48.5 Å². The van der Waals surface area contributed by atoms with E-state index in [2.05, 4.69) is 5.32 Å². The molecule has 0 aromatic heterocycles. The van der Waals surface area contributed by atoms with Gasteiger partial charge < -0.3 is 14.8 Å². The molecule has 5 atom stereocenters. The second kappa shape index (κ2) is 6.27. The molecule has 5 nitrogen and oxygen atoms in total. The average molecular weight is 384 g/mol. The molecule has 1 saturated heterocycles. The zero-order valence-electron chi connectivity index (χ0n) is 14.4. The lowest BCUT2D eigenvalue weighted by atomic mass is 9.79. The van der Waals surface area contributed by atoms with E-state index in [1.165, 1.54) is 0 Å². The van der Waals surface area contributed by atoms with Gasteiger partial charge in [0, 0.05) is 16.6 Å². The van der Waals surface area contributed by atoms with Gasteiger partial charge in [-0.1, -0.05) is 11.6 Å². The first-order chi connectivity index (χ1) is 13.1. The van der Waals surface area contributed by atoms with Crippen LogP contribution in [0.5, 0.6) is 11.5 Å². The number of anilines is 1. The maximum atomic E-state index is 12.8. The molecule has 27 heavy (non-hydrogen) atoms. The van der Waals surface area contributed by atoms with Crippen molar-refractivity contribution < 1.29 is 19.1 Å². The first-order valence-electron chi connectivity index (χ1n) is 9.13. The van der Waals surface area contributed by atoms with Gasteiger partial charge in [-0.05, 0) is 67.3 Å². The third-order valence-electron chi connectivity index (χ3n) is 5.96. The minimum Gasteiger partial charge on any atom is -0.462 e. The summed E-state index contributed by atoms with van der Waals surface area (Å²) in [4.78, 5) is 24.9. The number of carbonyl (C=O) groups excluding carboxylic acids is 2. The molecule has 138 valence electrons. The van der Waals surface area contributed by atoms with Crippen molar-refractivity contribution in [2.75, 3.05) is 5.32 Å². The summed E-state index contributed by atoms with van der Waals surface area (Å²) in [6.07, 6.45) is 1.78. The number of rotatable bonds is 4. The summed E-state index contributed by atoms with van der Waals surface area (Å²) in [7, 11) is 0. The predicted molar refractivity (Wildman–Crippen MR) is 99.7 cm³/mol. The van der Waals surface area contributed by atoms with Crippen molar-refractivity contribution in [2.45, 2.75) is 18.9 Å². The van der Waals surface area contributed by atoms with E-state index in [1.54, 1.807) is 48.5 Å². The van der Waals surface area contributed by atoms with Crippen LogP contribution in [-0.4, -0.2) is 18.0 Å². The number of carbonyl (C=O) groups is 2. The highest BCUT2D eigenvalue weighted by molar-refractivity contribution is 6.30. The van der Waals surface area contributed by atoms with Crippen LogP contribution in [0, 0.1) is 23.7 Å². The van der Waals surface area contributed by atoms with E-state index in [0.29, 0.717) is 22.2 Å². The summed E-state index contributed by atoms with van der Waals surface area (Å²) in [6, 6.07) is 14.3. The normalized spacial score (nSPS) is 30.3. The summed E-state index contributed by atoms with van der Waals surface area (Å²) in [5.41, 5.74) is 0.689. The molecular formula is C21H18ClNO4. The lowest BCUT2D eigenvalue weighted by Crippen LogP contribution is -2.35. The van der Waals surface area contributed by atoms with Crippen LogP contribution in [0.3, 0.4) is 0 Å². The highest BCUT2D eigenvalue weighted by Gasteiger charge is 2.63. The molecule has 2 bridgehead atoms. The Balaban J connectivity index is 1.25. The monoisotopic (exact) mass is 383 g/mol. The number of amides is 1. The van der Waals surface area contributed by atoms with E-state index in [1.807, 2.05) is 0 Å². The minimum absolute atomic E-state index is 0.0425. The lowest BCUT2D eigenvalue weighted by molar-refractivity contribution is -0.145. The molecule has 1 amide bonds. The topological polar surface area (TPSA) is 64.6 Å². The molecule has 6 heteroatoms. The summed E-state index contributed by atoms with van der Waals surface area (Å²) >= 11 is 5.87. The van der Waals surface area contributed by atoms with Gasteiger partial charge >= 0.3 is 5.97 Å². The zero-order valence-corrected chi connectivity index (χ0v) is 15.2. The van der Waals surface area contributed by atoms with E-state index in [-0.39, 0.29) is 41.7 Å². The van der Waals surface area contributed by atoms with Crippen molar-refractivity contribution in [3.05, 3.63) is 53.6 Å². The molecule has 1 heterocycles. The molecule has 0 spiro atoms. The molecule has 0 radical (unpaired) electrons. The number of nitrogens with one attached hydrogen (secondary N) is 1. The Morgan fingerprint density at radius 3 is 2.41 bits per heavy atom. The SMILES string of the molecule is O=C1O[C@H]2C[C@H]3C[C@H]2[C@@H]1[C@H]3C(=O)Nc1ccc(Oc2ccc(Cl)cc2)cc1. The van der Waals surface area contributed by atoms with Crippen LogP contribution in [0.4, 0.5) is 5.69 Å². The van der Waals surface area contributed by atoms with Gasteiger partial charge in [-0.2, -0.15) is 0 Å². The number of fused-ring (bicyclic) bond motifs is 1. The van der Waals surface area contributed by atoms with Crippen molar-refractivity contribution in [3.63, 3.8) is 0 Å². The van der Waals surface area contributed by atoms with Crippen LogP contribution in [0.25, 0.3) is 0 Å². The van der Waals surface area contributed by atoms with E-state index in [4.69, 9.17) is 21.1 Å². The van der Waals surface area contributed by atoms with Crippen LogP contribution >= 0.6 is 11.6 Å². The molecule has 2 aliphatic carbocycles. The van der Waals surface area contributed by atoms with Crippen LogP contribution in [-0.2, 0) is 14.3 Å². The van der Waals surface area contributed by atoms with Crippen molar-refractivity contribution >= 4 is 29.2 Å². The first-order valence-corrected chi connectivity index (χ1v) is 9.51. The van der Waals surface area contributed by atoms with Crippen molar-refractivity contribution in [1.29, 1.82) is 0 Å². The minimum atomic E-state index is -0.272. The van der Waals surface area contributed by atoms with Crippen molar-refractivity contribution in [2.24, 2.45) is 23.7 Å². The Morgan fingerprint density at radius 2 is 1.70 bits per heavy atom. The van der Waals surface area contributed by atoms with E-state index >= 15 is 0 Å². The standard InChI is InChI=1S/C21H18ClNO4/c22-12-1-5-14(6-2-12)26-15-7-3-13(4-8-15)23-20(24)18-11-9-16-17(10-11)27-21(25)19(16)18/h1-8,11,16-19H,9-10H2,(H,23,24)/t11-,16-,17+,18+,19-/m1/s1. The maximum Gasteiger partial charge on any atom is 0.310 e. The van der Waals surface area contributed by atoms with E-state index < -0.39 is 0 Å². The maximum absolute atomic E-state index is 12.8. The van der Waals surface area contributed by atoms with Gasteiger partial charge in [0.25, 0.3) is 0 Å². The van der Waals surface area contributed by atoms with Crippen molar-refractivity contribution in [3.8, 4) is 11.5 Å². The fourth-order valence-corrected chi connectivity index (χ4v) is 4.96. The van der Waals surface area contributed by atoms with Gasteiger partial charge in [-0.15, -0.1) is 0 Å². The molecule has 3 fully saturated rings. The highest BCUT2D eigenvalue weighted by atomic mass is 35.5. The van der Waals surface area contributed by atoms with Gasteiger partial charge in [-0.25, -0.2) is 0 Å². The second-order valence-electron chi connectivity index (χ2n) is 7.49. The lowest BCUT2D eigenvalue weighted by Gasteiger charge is -2.23. The molecule has 1 aliphatic heterocycles. The Morgan fingerprint density at radius 1 is 1.04 bits per heavy atom. The first kappa shape index (κ1) is 16.6. The molecule has 2 aromatic carbocycles. The number of hydrogen-bond donors (Lipinski definition) is 1. The van der Waals surface area contributed by atoms with Gasteiger partial charge in [0.05, 0.1) is 11.8 Å². The molecule has 5 rings (SSSR count). The van der Waals surface area contributed by atoms with Gasteiger partial charge in [0.2, 0.25) is 5.91 Å². The number of ether oxygens (including phenoxy) is 2. The molecule has 3 aliphatic rings. The predicted octanol–water partition coefficient (Wildman–Crippen LogP) is 4.27. The summed E-state index contributed by atoms with van der Waals surface area (Å²) in [5, 5.41) is 3.60. The van der Waals surface area contributed by atoms with E-state index in [9.17, 15) is 9.59 Å². The van der Waals surface area contributed by atoms with Crippen molar-refractivity contribution in [1.82, 2.24) is 0 Å². The van der Waals surface area contributed by atoms with Gasteiger partial charge in [-0.3, -0.25) is 9.59 Å². The van der Waals surface area contributed by atoms with E-state index in [0.717, 1.165) is 12.8 Å². The molecule has 2 saturated carbocycles. The highest BCUT2D eigenvalue weighted by Crippen LogP contribution is 2.57. The Kier molecular flexibility index (Phi) is 3.86. The van der Waals surface area contributed by atoms with Gasteiger partial charge in [0.15, 0.2) is 0 Å². The Bertz CT molecular complexity index is 893. The molecule has 2 aromatic rings. The van der Waals surface area contributed by atoms with Crippen LogP contribution in [0.1, 0.15) is 12.8 Å². The van der Waals surface area contributed by atoms with Crippen LogP contribution < -0.4 is 10.1 Å². The number of halogens is 1. The number of esters is 1. The summed E-state index contributed by atoms with van der Waals surface area (Å²) < 4.78 is 11.2. The smallest absolute Gasteiger partial charge is 0.310 e. The third kappa shape index (κ3) is 2.86. The Labute approximate surface area is 161 Å². The second-order valence-corrected chi connectivity index (χ2v) is 7.93. The zero-order chi connectivity index (χ0) is 18.5. The molecule has 0 unspecified atom stereocenters. The largest absolute Gasteiger partial charge is 0.462 e. The fourth-order valence-electron chi connectivity index (χ4n) is 4.83. The quantitative estimate of drug-likeness (QED) is 0.801. The average Bonchev–Trinajstić information content (AvgIpc) is 3.27. The molecule has 1 N–H and O–H groups in total. The fraction of sp³-hybridized carbons (Fsp3) is 0.333. The summed E-state index contributed by atoms with van der Waals surface area (Å²) in [6.45, 7) is 0. The third-order valence-corrected chi connectivity index (χ3v) is 6.21. The Hall–Kier alpha value is -2.53. The number of hydrogen-bond acceptors (Lipinski definition) is 4. The molecular weight excluding hydrogens is 366 g/mol.